The van der Waals surface area contributed by atoms with Gasteiger partial charge in [-0.15, -0.1) is 0 Å². The summed E-state index contributed by atoms with van der Waals surface area (Å²) in [5.74, 6) is 0. The lowest BCUT2D eigenvalue weighted by molar-refractivity contribution is 0.265. The Morgan fingerprint density at radius 1 is 1.43 bits per heavy atom. The minimum absolute atomic E-state index is 0.212. The molecule has 0 aliphatic rings. The van der Waals surface area contributed by atoms with Gasteiger partial charge in [-0.1, -0.05) is 6.92 Å². The van der Waals surface area contributed by atoms with Gasteiger partial charge < -0.3 is 10.4 Å². The molecule has 0 aliphatic heterocycles. The highest BCUT2D eigenvalue weighted by atomic mass is 16.3. The molecule has 0 saturated heterocycles. The highest BCUT2D eigenvalue weighted by molar-refractivity contribution is 5.14. The standard InChI is InChI=1S/C11H18N2O/c1-2-6-13-11(5-9-14)10-3-7-12-8-4-10/h3-4,7-8,11,13-14H,2,5-6,9H2,1H3. The van der Waals surface area contributed by atoms with Crippen molar-refractivity contribution in [3.05, 3.63) is 30.1 Å². The van der Waals surface area contributed by atoms with E-state index in [4.69, 9.17) is 5.11 Å². The molecule has 2 N–H and O–H groups in total. The van der Waals surface area contributed by atoms with Gasteiger partial charge in [0.05, 0.1) is 0 Å². The molecule has 3 heteroatoms. The highest BCUT2D eigenvalue weighted by Gasteiger charge is 2.08. The summed E-state index contributed by atoms with van der Waals surface area (Å²) in [6.45, 7) is 3.33. The van der Waals surface area contributed by atoms with Crippen molar-refractivity contribution in [3.8, 4) is 0 Å². The van der Waals surface area contributed by atoms with Crippen LogP contribution in [0.25, 0.3) is 0 Å². The molecule has 1 aromatic rings. The van der Waals surface area contributed by atoms with Gasteiger partial charge in [-0.3, -0.25) is 4.98 Å². The Morgan fingerprint density at radius 3 is 2.71 bits per heavy atom. The van der Waals surface area contributed by atoms with E-state index in [-0.39, 0.29) is 12.6 Å². The van der Waals surface area contributed by atoms with Crippen LogP contribution in [0.2, 0.25) is 0 Å². The molecular formula is C11H18N2O. The SMILES string of the molecule is CCCNC(CCO)c1ccncc1. The van der Waals surface area contributed by atoms with Gasteiger partial charge in [0, 0.05) is 25.0 Å². The van der Waals surface area contributed by atoms with E-state index in [0.717, 1.165) is 19.4 Å². The van der Waals surface area contributed by atoms with Crippen LogP contribution in [0.15, 0.2) is 24.5 Å². The van der Waals surface area contributed by atoms with Crippen molar-refractivity contribution in [1.82, 2.24) is 10.3 Å². The molecular weight excluding hydrogens is 176 g/mol. The van der Waals surface area contributed by atoms with E-state index in [1.54, 1.807) is 12.4 Å². The third-order valence-corrected chi connectivity index (χ3v) is 2.17. The molecule has 3 nitrogen and oxygen atoms in total. The summed E-state index contributed by atoms with van der Waals surface area (Å²) in [6, 6.07) is 4.23. The smallest absolute Gasteiger partial charge is 0.0449 e. The van der Waals surface area contributed by atoms with Gasteiger partial charge in [0.2, 0.25) is 0 Å². The Morgan fingerprint density at radius 2 is 2.14 bits per heavy atom. The van der Waals surface area contributed by atoms with E-state index in [0.29, 0.717) is 0 Å². The van der Waals surface area contributed by atoms with Crippen LogP contribution in [0.5, 0.6) is 0 Å². The van der Waals surface area contributed by atoms with Crippen LogP contribution in [0.1, 0.15) is 31.4 Å². The molecule has 0 fully saturated rings. The van der Waals surface area contributed by atoms with E-state index in [1.807, 2.05) is 12.1 Å². The number of aliphatic hydroxyl groups excluding tert-OH is 1. The first-order valence-corrected chi connectivity index (χ1v) is 5.12. The Bertz CT molecular complexity index is 238. The van der Waals surface area contributed by atoms with Gasteiger partial charge in [0.15, 0.2) is 0 Å². The van der Waals surface area contributed by atoms with Crippen molar-refractivity contribution in [2.45, 2.75) is 25.8 Å². The van der Waals surface area contributed by atoms with Gasteiger partial charge in [0.1, 0.15) is 0 Å². The predicted octanol–water partition coefficient (Wildman–Crippen LogP) is 1.50. The molecule has 14 heavy (non-hydrogen) atoms. The molecule has 0 amide bonds. The fourth-order valence-electron chi connectivity index (χ4n) is 1.43. The van der Waals surface area contributed by atoms with E-state index in [1.165, 1.54) is 5.56 Å². The topological polar surface area (TPSA) is 45.1 Å². The maximum Gasteiger partial charge on any atom is 0.0449 e. The number of rotatable bonds is 6. The van der Waals surface area contributed by atoms with E-state index in [9.17, 15) is 0 Å². The number of aromatic nitrogens is 1. The number of aliphatic hydroxyl groups is 1. The number of pyridine rings is 1. The first-order valence-electron chi connectivity index (χ1n) is 5.12. The van der Waals surface area contributed by atoms with Crippen molar-refractivity contribution >= 4 is 0 Å². The second kappa shape index (κ2) is 6.51. The normalized spacial score (nSPS) is 12.7. The summed E-state index contributed by atoms with van der Waals surface area (Å²) in [6.07, 6.45) is 5.43. The van der Waals surface area contributed by atoms with Crippen LogP contribution in [0, 0.1) is 0 Å². The van der Waals surface area contributed by atoms with Gasteiger partial charge in [-0.2, -0.15) is 0 Å². The summed E-state index contributed by atoms with van der Waals surface area (Å²) >= 11 is 0. The third kappa shape index (κ3) is 3.44. The highest BCUT2D eigenvalue weighted by Crippen LogP contribution is 2.14. The quantitative estimate of drug-likeness (QED) is 0.721. The molecule has 1 rings (SSSR count). The number of hydrogen-bond acceptors (Lipinski definition) is 3. The van der Waals surface area contributed by atoms with Gasteiger partial charge in [-0.25, -0.2) is 0 Å². The summed E-state index contributed by atoms with van der Waals surface area (Å²) in [5, 5.41) is 12.3. The number of nitrogens with zero attached hydrogens (tertiary/aromatic N) is 1. The van der Waals surface area contributed by atoms with Gasteiger partial charge >= 0.3 is 0 Å². The second-order valence-electron chi connectivity index (χ2n) is 3.30. The maximum atomic E-state index is 8.94. The van der Waals surface area contributed by atoms with Crippen molar-refractivity contribution in [3.63, 3.8) is 0 Å². The maximum absolute atomic E-state index is 8.94. The minimum Gasteiger partial charge on any atom is -0.396 e. The summed E-state index contributed by atoms with van der Waals surface area (Å²) < 4.78 is 0. The van der Waals surface area contributed by atoms with Crippen LogP contribution < -0.4 is 5.32 Å². The molecule has 0 aliphatic carbocycles. The molecule has 1 aromatic heterocycles. The van der Waals surface area contributed by atoms with Crippen LogP contribution in [0.3, 0.4) is 0 Å². The summed E-state index contributed by atoms with van der Waals surface area (Å²) in [4.78, 5) is 3.98. The van der Waals surface area contributed by atoms with Crippen LogP contribution in [-0.2, 0) is 0 Å². The van der Waals surface area contributed by atoms with Crippen molar-refractivity contribution < 1.29 is 5.11 Å². The zero-order chi connectivity index (χ0) is 10.2. The molecule has 1 unspecified atom stereocenters. The van der Waals surface area contributed by atoms with E-state index < -0.39 is 0 Å². The molecule has 0 bridgehead atoms. The molecule has 0 saturated carbocycles. The first-order chi connectivity index (χ1) is 6.88. The minimum atomic E-state index is 0.212. The van der Waals surface area contributed by atoms with Crippen molar-refractivity contribution in [1.29, 1.82) is 0 Å². The molecule has 0 radical (unpaired) electrons. The largest absolute Gasteiger partial charge is 0.396 e. The predicted molar refractivity (Wildman–Crippen MR) is 57.0 cm³/mol. The fraction of sp³-hybridized carbons (Fsp3) is 0.545. The Labute approximate surface area is 85.2 Å². The lowest BCUT2D eigenvalue weighted by Gasteiger charge is -2.17. The summed E-state index contributed by atoms with van der Waals surface area (Å²) in [7, 11) is 0. The molecule has 0 spiro atoms. The van der Waals surface area contributed by atoms with Gasteiger partial charge in [-0.05, 0) is 37.1 Å². The lowest BCUT2D eigenvalue weighted by Crippen LogP contribution is -2.23. The number of nitrogens with one attached hydrogen (secondary N) is 1. The fourth-order valence-corrected chi connectivity index (χ4v) is 1.43. The van der Waals surface area contributed by atoms with Crippen LogP contribution in [0.4, 0.5) is 0 Å². The first kappa shape index (κ1) is 11.1. The van der Waals surface area contributed by atoms with E-state index in [2.05, 4.69) is 17.2 Å². The zero-order valence-corrected chi connectivity index (χ0v) is 8.61. The Kier molecular flexibility index (Phi) is 5.19. The molecule has 1 atom stereocenters. The average molecular weight is 194 g/mol. The molecule has 78 valence electrons. The monoisotopic (exact) mass is 194 g/mol. The van der Waals surface area contributed by atoms with Crippen LogP contribution in [-0.4, -0.2) is 23.2 Å². The zero-order valence-electron chi connectivity index (χ0n) is 8.61. The van der Waals surface area contributed by atoms with Crippen molar-refractivity contribution in [2.75, 3.05) is 13.2 Å². The Balaban J connectivity index is 2.58. The lowest BCUT2D eigenvalue weighted by atomic mass is 10.1. The van der Waals surface area contributed by atoms with Crippen LogP contribution >= 0.6 is 0 Å². The third-order valence-electron chi connectivity index (χ3n) is 2.17. The average Bonchev–Trinajstić information content (AvgIpc) is 2.25. The van der Waals surface area contributed by atoms with Gasteiger partial charge in [0.25, 0.3) is 0 Å². The summed E-state index contributed by atoms with van der Waals surface area (Å²) in [5.41, 5.74) is 1.20. The second-order valence-corrected chi connectivity index (χ2v) is 3.30. The van der Waals surface area contributed by atoms with E-state index >= 15 is 0 Å². The molecule has 1 heterocycles. The van der Waals surface area contributed by atoms with Crippen molar-refractivity contribution in [2.24, 2.45) is 0 Å². The molecule has 0 aromatic carbocycles. The number of hydrogen-bond donors (Lipinski definition) is 2. The Hall–Kier alpha value is -0.930.